The van der Waals surface area contributed by atoms with Gasteiger partial charge in [0.2, 0.25) is 10.0 Å². The number of halogens is 3. The standard InChI is InChI=1S/C24H21F3N2O6S/c25-17-4-6-18(7-5-17)34-22-9-8-20(36(31,32)29-10-12-33-13-11-29)15-21(22)28-23(30)16-2-1-3-19(14-16)35-24(26)27/h1-9,14-15,24H,10-13H2,(H,28,30). The van der Waals surface area contributed by atoms with Crippen LogP contribution in [0.2, 0.25) is 0 Å². The van der Waals surface area contributed by atoms with Gasteiger partial charge < -0.3 is 19.5 Å². The lowest BCUT2D eigenvalue weighted by atomic mass is 10.2. The molecular formula is C24H21F3N2O6S. The number of hydrogen-bond donors (Lipinski definition) is 1. The Morgan fingerprint density at radius 1 is 0.972 bits per heavy atom. The molecule has 1 N–H and O–H groups in total. The van der Waals surface area contributed by atoms with Gasteiger partial charge in [-0.25, -0.2) is 12.8 Å². The van der Waals surface area contributed by atoms with Crippen LogP contribution in [0.3, 0.4) is 0 Å². The molecule has 1 amide bonds. The Balaban J connectivity index is 1.67. The van der Waals surface area contributed by atoms with Crippen LogP contribution in [0.25, 0.3) is 0 Å². The first-order valence-corrected chi connectivity index (χ1v) is 12.2. The van der Waals surface area contributed by atoms with E-state index in [0.29, 0.717) is 0 Å². The van der Waals surface area contributed by atoms with Crippen LogP contribution < -0.4 is 14.8 Å². The monoisotopic (exact) mass is 522 g/mol. The van der Waals surface area contributed by atoms with Gasteiger partial charge in [0.15, 0.2) is 5.75 Å². The summed E-state index contributed by atoms with van der Waals surface area (Å²) in [6.45, 7) is -2.21. The zero-order valence-corrected chi connectivity index (χ0v) is 19.5. The van der Waals surface area contributed by atoms with Gasteiger partial charge in [-0.1, -0.05) is 6.07 Å². The number of ether oxygens (including phenoxy) is 3. The fraction of sp³-hybridized carbons (Fsp3) is 0.208. The molecule has 0 bridgehead atoms. The largest absolute Gasteiger partial charge is 0.455 e. The Kier molecular flexibility index (Phi) is 7.77. The van der Waals surface area contributed by atoms with Gasteiger partial charge in [-0.15, -0.1) is 0 Å². The van der Waals surface area contributed by atoms with Crippen LogP contribution in [-0.2, 0) is 14.8 Å². The normalized spacial score (nSPS) is 14.4. The van der Waals surface area contributed by atoms with Gasteiger partial charge in [-0.05, 0) is 60.7 Å². The quantitative estimate of drug-likeness (QED) is 0.469. The molecule has 3 aromatic carbocycles. The molecule has 1 fully saturated rings. The molecule has 0 aromatic heterocycles. The van der Waals surface area contributed by atoms with Crippen LogP contribution in [-0.4, -0.2) is 51.5 Å². The van der Waals surface area contributed by atoms with E-state index in [2.05, 4.69) is 10.1 Å². The summed E-state index contributed by atoms with van der Waals surface area (Å²) >= 11 is 0. The molecule has 1 saturated heterocycles. The fourth-order valence-corrected chi connectivity index (χ4v) is 4.86. The molecule has 0 atom stereocenters. The maximum Gasteiger partial charge on any atom is 0.387 e. The van der Waals surface area contributed by atoms with Gasteiger partial charge in [0.25, 0.3) is 5.91 Å². The number of benzene rings is 3. The van der Waals surface area contributed by atoms with Gasteiger partial charge in [-0.2, -0.15) is 13.1 Å². The van der Waals surface area contributed by atoms with Crippen LogP contribution in [0.15, 0.2) is 71.6 Å². The molecule has 0 spiro atoms. The number of amides is 1. The topological polar surface area (TPSA) is 94.2 Å². The van der Waals surface area contributed by atoms with Crippen LogP contribution in [0.5, 0.6) is 17.2 Å². The molecule has 8 nitrogen and oxygen atoms in total. The average Bonchev–Trinajstić information content (AvgIpc) is 2.86. The number of nitrogens with one attached hydrogen (secondary N) is 1. The molecule has 1 heterocycles. The summed E-state index contributed by atoms with van der Waals surface area (Å²) in [6, 6.07) is 14.1. The second-order valence-electron chi connectivity index (χ2n) is 7.59. The van der Waals surface area contributed by atoms with Gasteiger partial charge in [0.1, 0.15) is 17.3 Å². The minimum absolute atomic E-state index is 0.00107. The highest BCUT2D eigenvalue weighted by atomic mass is 32.2. The third-order valence-electron chi connectivity index (χ3n) is 5.17. The van der Waals surface area contributed by atoms with Gasteiger partial charge in [0.05, 0.1) is 23.8 Å². The SMILES string of the molecule is O=C(Nc1cc(S(=O)(=O)N2CCOCC2)ccc1Oc1ccc(F)cc1)c1cccc(OC(F)F)c1. The zero-order chi connectivity index (χ0) is 25.7. The maximum atomic E-state index is 13.3. The molecule has 190 valence electrons. The first-order valence-electron chi connectivity index (χ1n) is 10.7. The Morgan fingerprint density at radius 3 is 2.39 bits per heavy atom. The highest BCUT2D eigenvalue weighted by Gasteiger charge is 2.27. The first-order chi connectivity index (χ1) is 17.2. The molecular weight excluding hydrogens is 501 g/mol. The molecule has 36 heavy (non-hydrogen) atoms. The van der Waals surface area contributed by atoms with Crippen molar-refractivity contribution in [2.24, 2.45) is 0 Å². The van der Waals surface area contributed by atoms with Crippen molar-refractivity contribution >= 4 is 21.6 Å². The minimum Gasteiger partial charge on any atom is -0.455 e. The summed E-state index contributed by atoms with van der Waals surface area (Å²) in [4.78, 5) is 12.8. The number of rotatable bonds is 8. The highest BCUT2D eigenvalue weighted by molar-refractivity contribution is 7.89. The Hall–Kier alpha value is -3.61. The van der Waals surface area contributed by atoms with Crippen molar-refractivity contribution in [1.82, 2.24) is 4.31 Å². The van der Waals surface area contributed by atoms with E-state index in [9.17, 15) is 26.4 Å². The predicted octanol–water partition coefficient (Wildman–Crippen LogP) is 4.49. The second-order valence-corrected chi connectivity index (χ2v) is 9.53. The highest BCUT2D eigenvalue weighted by Crippen LogP contribution is 2.33. The van der Waals surface area contributed by atoms with Crippen molar-refractivity contribution in [2.75, 3.05) is 31.6 Å². The zero-order valence-electron chi connectivity index (χ0n) is 18.7. The number of anilines is 1. The van der Waals surface area contributed by atoms with Gasteiger partial charge >= 0.3 is 6.61 Å². The average molecular weight is 523 g/mol. The third kappa shape index (κ3) is 6.14. The van der Waals surface area contributed by atoms with Crippen LogP contribution in [0.1, 0.15) is 10.4 Å². The lowest BCUT2D eigenvalue weighted by Crippen LogP contribution is -2.40. The Bertz CT molecular complexity index is 1330. The fourth-order valence-electron chi connectivity index (χ4n) is 3.43. The van der Waals surface area contributed by atoms with Gasteiger partial charge in [0, 0.05) is 18.7 Å². The molecule has 3 aromatic rings. The molecule has 0 radical (unpaired) electrons. The number of hydrogen-bond acceptors (Lipinski definition) is 6. The lowest BCUT2D eigenvalue weighted by molar-refractivity contribution is -0.0498. The molecule has 0 unspecified atom stereocenters. The molecule has 1 aliphatic rings. The smallest absolute Gasteiger partial charge is 0.387 e. The van der Waals surface area contributed by atoms with Crippen molar-refractivity contribution in [3.05, 3.63) is 78.1 Å². The van der Waals surface area contributed by atoms with Crippen molar-refractivity contribution in [2.45, 2.75) is 11.5 Å². The summed E-state index contributed by atoms with van der Waals surface area (Å²) in [6.07, 6.45) is 0. The van der Waals surface area contributed by atoms with Crippen molar-refractivity contribution < 1.29 is 40.6 Å². The lowest BCUT2D eigenvalue weighted by Gasteiger charge is -2.26. The van der Waals surface area contributed by atoms with E-state index in [4.69, 9.17) is 9.47 Å². The van der Waals surface area contributed by atoms with E-state index >= 15 is 0 Å². The Morgan fingerprint density at radius 2 is 1.69 bits per heavy atom. The van der Waals surface area contributed by atoms with Crippen LogP contribution >= 0.6 is 0 Å². The Labute approximate surface area is 205 Å². The summed E-state index contributed by atoms with van der Waals surface area (Å²) in [5.41, 5.74) is -0.0128. The molecule has 1 aliphatic heterocycles. The summed E-state index contributed by atoms with van der Waals surface area (Å²) in [5.74, 6) is -1.10. The number of carbonyl (C=O) groups excluding carboxylic acids is 1. The van der Waals surface area contributed by atoms with Gasteiger partial charge in [-0.3, -0.25) is 4.79 Å². The van der Waals surface area contributed by atoms with E-state index < -0.39 is 28.4 Å². The molecule has 4 rings (SSSR count). The summed E-state index contributed by atoms with van der Waals surface area (Å²) in [7, 11) is -3.91. The molecule has 0 saturated carbocycles. The van der Waals surface area contributed by atoms with Crippen molar-refractivity contribution in [3.8, 4) is 17.2 Å². The van der Waals surface area contributed by atoms with Crippen LogP contribution in [0, 0.1) is 5.82 Å². The molecule has 12 heteroatoms. The van der Waals surface area contributed by atoms with Crippen LogP contribution in [0.4, 0.5) is 18.9 Å². The van der Waals surface area contributed by atoms with E-state index in [-0.39, 0.29) is 59.7 Å². The summed E-state index contributed by atoms with van der Waals surface area (Å²) in [5, 5.41) is 2.57. The van der Waals surface area contributed by atoms with E-state index in [1.807, 2.05) is 0 Å². The number of sulfonamides is 1. The van der Waals surface area contributed by atoms with E-state index in [1.54, 1.807) is 0 Å². The number of carbonyl (C=O) groups is 1. The molecule has 0 aliphatic carbocycles. The third-order valence-corrected chi connectivity index (χ3v) is 7.06. The predicted molar refractivity (Wildman–Crippen MR) is 124 cm³/mol. The van der Waals surface area contributed by atoms with Crippen molar-refractivity contribution in [1.29, 1.82) is 0 Å². The summed E-state index contributed by atoms with van der Waals surface area (Å²) < 4.78 is 81.3. The van der Waals surface area contributed by atoms with E-state index in [1.165, 1.54) is 65.0 Å². The van der Waals surface area contributed by atoms with E-state index in [0.717, 1.165) is 6.07 Å². The number of nitrogens with zero attached hydrogens (tertiary/aromatic N) is 1. The second kappa shape index (κ2) is 11.0. The first kappa shape index (κ1) is 25.5. The number of alkyl halides is 2. The number of morpholine rings is 1. The minimum atomic E-state index is -3.91. The maximum absolute atomic E-state index is 13.3. The van der Waals surface area contributed by atoms with Crippen molar-refractivity contribution in [3.63, 3.8) is 0 Å².